The Morgan fingerprint density at radius 3 is 1.35 bits per heavy atom. The first-order chi connectivity index (χ1) is 17.7. The molecule has 190 valence electrons. The van der Waals surface area contributed by atoms with Gasteiger partial charge >= 0.3 is 121 Å². The van der Waals surface area contributed by atoms with Crippen LogP contribution in [0.5, 0.6) is 0 Å². The summed E-state index contributed by atoms with van der Waals surface area (Å²) in [5.74, 6) is 0. The van der Waals surface area contributed by atoms with Crippen molar-refractivity contribution < 1.29 is 13.0 Å². The molecule has 9 atom stereocenters. The third-order valence-electron chi connectivity index (χ3n) is 32.8. The van der Waals surface area contributed by atoms with Gasteiger partial charge in [0.1, 0.15) is 0 Å². The third-order valence-corrected chi connectivity index (χ3v) is 120. The van der Waals surface area contributed by atoms with E-state index in [0.717, 1.165) is 8.58 Å². The van der Waals surface area contributed by atoms with Crippen LogP contribution in [0.1, 0.15) is 13.3 Å². The van der Waals surface area contributed by atoms with Gasteiger partial charge in [-0.2, -0.15) is 0 Å². The Balaban J connectivity index is 0.000000101. The van der Waals surface area contributed by atoms with E-state index in [9.17, 15) is 0 Å². The zero-order valence-electron chi connectivity index (χ0n) is 21.0. The summed E-state index contributed by atoms with van der Waals surface area (Å²) >= 11 is 0. The largest absolute Gasteiger partial charge is 0.0622 e. The van der Waals surface area contributed by atoms with Crippen LogP contribution >= 0.6 is 8.58 Å². The van der Waals surface area contributed by atoms with Crippen molar-refractivity contribution in [2.45, 2.75) is 108 Å². The second-order valence-electron chi connectivity index (χ2n) is 22.8. The van der Waals surface area contributed by atoms with Gasteiger partial charge in [0.15, 0.2) is 0 Å². The second kappa shape index (κ2) is 1.40. The van der Waals surface area contributed by atoms with E-state index in [0.29, 0.717) is 0 Å². The van der Waals surface area contributed by atoms with Crippen LogP contribution < -0.4 is 10.6 Å². The van der Waals surface area contributed by atoms with Gasteiger partial charge in [0.25, 0.3) is 0 Å². The minimum absolute atomic E-state index is 0.777. The van der Waals surface area contributed by atoms with Crippen LogP contribution in [0.3, 0.4) is 0 Å². The van der Waals surface area contributed by atoms with Gasteiger partial charge in [-0.15, -0.1) is 0 Å². The molecule has 0 radical (unpaired) electrons. The van der Waals surface area contributed by atoms with Gasteiger partial charge in [-0.05, 0) is 10.6 Å². The summed E-state index contributed by atoms with van der Waals surface area (Å²) < 4.78 is 4.05. The number of hydrogen-bond acceptors (Lipinski definition) is 0. The quantitative estimate of drug-likeness (QED) is 0.248. The van der Waals surface area contributed by atoms with Crippen molar-refractivity contribution in [3.63, 3.8) is 0 Å². The molecule has 0 nitrogen and oxygen atoms in total. The van der Waals surface area contributed by atoms with Gasteiger partial charge in [-0.1, -0.05) is 69.2 Å². The molecule has 2 aromatic carbocycles. The van der Waals surface area contributed by atoms with Crippen LogP contribution in [0.25, 0.3) is 0 Å². The van der Waals surface area contributed by atoms with Crippen LogP contribution in [-0.4, -0.2) is 0 Å². The fourth-order valence-corrected chi connectivity index (χ4v) is 197. The fraction of sp³-hybridized carbons (Fsp3) is 0.647. The molecule has 2 spiro atoms. The summed E-state index contributed by atoms with van der Waals surface area (Å²) in [7, 11) is 0.777. The summed E-state index contributed by atoms with van der Waals surface area (Å²) in [5, 5.41) is 2.79. The molecule has 20 heterocycles. The van der Waals surface area contributed by atoms with Crippen molar-refractivity contribution in [3.8, 4) is 0 Å². The molecule has 20 aliphatic heterocycles. The van der Waals surface area contributed by atoms with Gasteiger partial charge < -0.3 is 0 Å². The molecule has 9 unspecified atom stereocenters. The molecule has 22 rings (SSSR count). The molecular formula is C34H33Fe2P. The van der Waals surface area contributed by atoms with E-state index in [1.165, 1.54) is 23.5 Å². The number of fused-ring (bicyclic) bond motifs is 21. The van der Waals surface area contributed by atoms with E-state index < -0.39 is 13.0 Å². The maximum atomic E-state index is 2.80. The zero-order valence-corrected chi connectivity index (χ0v) is 24.2. The maximum Gasteiger partial charge on any atom is -0.0226 e. The van der Waals surface area contributed by atoms with Gasteiger partial charge in [-0.25, -0.2) is 0 Å². The van der Waals surface area contributed by atoms with E-state index >= 15 is 0 Å². The van der Waals surface area contributed by atoms with Crippen LogP contribution in [0.15, 0.2) is 60.7 Å². The summed E-state index contributed by atoms with van der Waals surface area (Å²) in [6, 6.07) is 21.2. The predicted molar refractivity (Wildman–Crippen MR) is 143 cm³/mol. The molecule has 0 saturated carbocycles. The average Bonchev–Trinajstić information content (AvgIpc) is 3.81. The van der Waals surface area contributed by atoms with E-state index in [2.05, 4.69) is 67.6 Å². The molecule has 2 aromatic rings. The van der Waals surface area contributed by atoms with E-state index in [4.69, 9.17) is 0 Å². The Bertz CT molecular complexity index is 2550. The van der Waals surface area contributed by atoms with Gasteiger partial charge in [0.05, 0.1) is 0 Å². The van der Waals surface area contributed by atoms with Gasteiger partial charge in [0, 0.05) is 0 Å². The van der Waals surface area contributed by atoms with Crippen molar-refractivity contribution >= 4 is 19.2 Å². The third kappa shape index (κ3) is 0.185. The van der Waals surface area contributed by atoms with Crippen LogP contribution in [0.4, 0.5) is 0 Å². The molecule has 3 heteroatoms. The van der Waals surface area contributed by atoms with Crippen molar-refractivity contribution in [1.29, 1.82) is 0 Å². The Morgan fingerprint density at radius 2 is 1.05 bits per heavy atom. The molecule has 37 heavy (non-hydrogen) atoms. The molecule has 20 fully saturated rings. The maximum absolute atomic E-state index is 3.01. The minimum Gasteiger partial charge on any atom is -0.0622 e. The fourth-order valence-electron chi connectivity index (χ4n) is 37.6. The molecule has 0 aliphatic carbocycles. The Morgan fingerprint density at radius 1 is 0.568 bits per heavy atom. The molecule has 0 amide bonds. The van der Waals surface area contributed by atoms with Crippen molar-refractivity contribution in [1.82, 2.24) is 0 Å². The van der Waals surface area contributed by atoms with Gasteiger partial charge in [-0.3, -0.25) is 0 Å². The molecule has 20 aliphatic rings. The van der Waals surface area contributed by atoms with Crippen molar-refractivity contribution in [3.05, 3.63) is 60.7 Å². The van der Waals surface area contributed by atoms with Crippen molar-refractivity contribution in [2.75, 3.05) is 0 Å². The number of benzene rings is 2. The standard InChI is InChI=1S/C12H11P.C12H12.2C5H5.2Fe/c1-3-7-11(8-4-1)13-12-9-5-2-6-10-12;1-2-10-8-5-9-12(10)11-6-3-4-7-11;2*1-2-4-5-3-1;;/h1-10,13H;3-9H,2H2,1H3;2*1-5H;;. The molecule has 20 saturated heterocycles. The summed E-state index contributed by atoms with van der Waals surface area (Å²) in [4.78, 5) is 27.7. The average molecular weight is 584 g/mol. The first-order valence-corrected chi connectivity index (χ1v) is 29.5. The molecular weight excluding hydrogens is 551 g/mol. The van der Waals surface area contributed by atoms with Crippen LogP contribution in [0.2, 0.25) is 94.8 Å². The van der Waals surface area contributed by atoms with Crippen molar-refractivity contribution in [2.24, 2.45) is 0 Å². The minimum atomic E-state index is -3.01. The Kier molecular flexibility index (Phi) is 0.555. The summed E-state index contributed by atoms with van der Waals surface area (Å²) in [6.45, 7) is -3.08. The summed E-state index contributed by atoms with van der Waals surface area (Å²) in [5.41, 5.74) is 0. The normalized spacial score (nSPS) is 112. The Labute approximate surface area is 199 Å². The molecule has 0 aromatic heterocycles. The van der Waals surface area contributed by atoms with E-state index in [1.54, 1.807) is 88.3 Å². The monoisotopic (exact) mass is 584 g/mol. The summed E-state index contributed by atoms with van der Waals surface area (Å²) in [6.07, 6.45) is 1.80. The first-order valence-electron chi connectivity index (χ1n) is 16.0. The predicted octanol–water partition coefficient (Wildman–Crippen LogP) is 9.60. The Hall–Kier alpha value is -0.0910. The topological polar surface area (TPSA) is 0 Å². The van der Waals surface area contributed by atoms with E-state index in [-0.39, 0.29) is 0 Å². The van der Waals surface area contributed by atoms with E-state index in [1.807, 2.05) is 0 Å². The van der Waals surface area contributed by atoms with Gasteiger partial charge in [0.2, 0.25) is 0 Å². The zero-order chi connectivity index (χ0) is 22.6. The smallest absolute Gasteiger partial charge is 0.0226 e. The number of rotatable bonds is 4. The molecule has 0 N–H and O–H groups in total. The van der Waals surface area contributed by atoms with Crippen LogP contribution in [-0.2, 0) is 13.0 Å². The number of hydrogen-bond donors (Lipinski definition) is 0. The first kappa shape index (κ1) is 14.7. The second-order valence-corrected chi connectivity index (χ2v) is 71.1. The van der Waals surface area contributed by atoms with Crippen LogP contribution in [0, 0.1) is 0 Å². The SMILES string of the molecule is CC[C]12[CH]3[CH]4[CH]5[C]1([C]16[CH]7[CH]8[CH]9[CH]1[Fe]89761%10%11%12[CH]6[CH]1[CH]%10[CH]%11[CH]6%12)[Fe]43521678[CH]2[CH]1[CH]6[CH]7[CH]28.c1ccc(Pc2ccccc2)cc1. The molecule has 0 bridgehead atoms.